The van der Waals surface area contributed by atoms with Crippen LogP contribution in [0.1, 0.15) is 6.42 Å². The molecule has 1 aromatic heterocycles. The normalized spacial score (nSPS) is 12.1. The van der Waals surface area contributed by atoms with Crippen LogP contribution >= 0.6 is 11.8 Å². The molecule has 1 amide bonds. The standard InChI is InChI=1S/C26H24N4O2S/c31-26(28-20-7-1-4-10-23(20)32-18-17-29-16-14-27-19-29)13-15-30-21-8-2-5-11-24(21)33-25-12-6-3-9-22(25)30/h1-12,14,16,19H,13,15,17-18H2,(H,28,31). The predicted octanol–water partition coefficient (Wildman–Crippen LogP) is 5.59. The number of para-hydroxylation sites is 4. The molecule has 5 rings (SSSR count). The van der Waals surface area contributed by atoms with Gasteiger partial charge in [0.1, 0.15) is 12.4 Å². The van der Waals surface area contributed by atoms with Gasteiger partial charge in [0.25, 0.3) is 0 Å². The molecule has 0 saturated heterocycles. The number of rotatable bonds is 8. The summed E-state index contributed by atoms with van der Waals surface area (Å²) in [6.07, 6.45) is 5.75. The van der Waals surface area contributed by atoms with Gasteiger partial charge in [-0.1, -0.05) is 48.2 Å². The fraction of sp³-hybridized carbons (Fsp3) is 0.154. The van der Waals surface area contributed by atoms with E-state index in [1.165, 1.54) is 9.79 Å². The van der Waals surface area contributed by atoms with Crippen LogP contribution in [-0.4, -0.2) is 28.6 Å². The summed E-state index contributed by atoms with van der Waals surface area (Å²) in [5.74, 6) is 0.616. The topological polar surface area (TPSA) is 59.4 Å². The molecule has 1 aliphatic heterocycles. The Morgan fingerprint density at radius 1 is 0.909 bits per heavy atom. The van der Waals surface area contributed by atoms with E-state index in [-0.39, 0.29) is 5.91 Å². The summed E-state index contributed by atoms with van der Waals surface area (Å²) in [6.45, 7) is 1.76. The molecule has 1 N–H and O–H groups in total. The molecule has 7 heteroatoms. The molecule has 4 aromatic rings. The fourth-order valence-corrected chi connectivity index (χ4v) is 4.92. The second-order valence-corrected chi connectivity index (χ2v) is 8.72. The number of anilines is 3. The lowest BCUT2D eigenvalue weighted by Gasteiger charge is -2.32. The smallest absolute Gasteiger partial charge is 0.226 e. The van der Waals surface area contributed by atoms with E-state index in [0.717, 1.165) is 11.4 Å². The number of imidazole rings is 1. The van der Waals surface area contributed by atoms with Gasteiger partial charge in [0.05, 0.1) is 29.9 Å². The van der Waals surface area contributed by atoms with Crippen molar-refractivity contribution < 1.29 is 9.53 Å². The molecule has 0 spiro atoms. The molecule has 3 aromatic carbocycles. The Kier molecular flexibility index (Phi) is 6.30. The maximum absolute atomic E-state index is 12.9. The first-order valence-electron chi connectivity index (χ1n) is 10.9. The molecule has 0 radical (unpaired) electrons. The zero-order valence-corrected chi connectivity index (χ0v) is 18.9. The van der Waals surface area contributed by atoms with E-state index < -0.39 is 0 Å². The number of nitrogens with one attached hydrogen (secondary N) is 1. The summed E-state index contributed by atoms with van der Waals surface area (Å²) in [7, 11) is 0. The van der Waals surface area contributed by atoms with E-state index in [0.29, 0.717) is 37.6 Å². The third-order valence-electron chi connectivity index (χ3n) is 5.42. The first-order valence-corrected chi connectivity index (χ1v) is 11.7. The highest BCUT2D eigenvalue weighted by molar-refractivity contribution is 7.99. The lowest BCUT2D eigenvalue weighted by Crippen LogP contribution is -2.26. The average Bonchev–Trinajstić information content (AvgIpc) is 3.36. The number of fused-ring (bicyclic) bond motifs is 2. The van der Waals surface area contributed by atoms with Crippen LogP contribution in [0.25, 0.3) is 0 Å². The van der Waals surface area contributed by atoms with Crippen LogP contribution in [0, 0.1) is 0 Å². The van der Waals surface area contributed by atoms with Crippen LogP contribution in [0.4, 0.5) is 17.1 Å². The number of benzene rings is 3. The fourth-order valence-electron chi connectivity index (χ4n) is 3.82. The Labute approximate surface area is 197 Å². The van der Waals surface area contributed by atoms with E-state index in [4.69, 9.17) is 4.74 Å². The molecule has 0 unspecified atom stereocenters. The Balaban J connectivity index is 1.24. The van der Waals surface area contributed by atoms with Crippen molar-refractivity contribution in [3.63, 3.8) is 0 Å². The first-order chi connectivity index (χ1) is 16.3. The molecule has 166 valence electrons. The van der Waals surface area contributed by atoms with E-state index >= 15 is 0 Å². The third-order valence-corrected chi connectivity index (χ3v) is 6.55. The number of nitrogens with zero attached hydrogens (tertiary/aromatic N) is 3. The minimum Gasteiger partial charge on any atom is -0.490 e. The van der Waals surface area contributed by atoms with Gasteiger partial charge in [0.2, 0.25) is 5.91 Å². The number of carbonyl (C=O) groups is 1. The number of ether oxygens (including phenoxy) is 1. The lowest BCUT2D eigenvalue weighted by atomic mass is 10.2. The van der Waals surface area contributed by atoms with Gasteiger partial charge in [-0.05, 0) is 36.4 Å². The monoisotopic (exact) mass is 456 g/mol. The van der Waals surface area contributed by atoms with Crippen molar-refractivity contribution in [2.24, 2.45) is 0 Å². The molecule has 0 atom stereocenters. The highest BCUT2D eigenvalue weighted by Crippen LogP contribution is 2.47. The van der Waals surface area contributed by atoms with Crippen molar-refractivity contribution >= 4 is 34.7 Å². The van der Waals surface area contributed by atoms with Crippen LogP contribution in [-0.2, 0) is 11.3 Å². The van der Waals surface area contributed by atoms with Gasteiger partial charge in [-0.3, -0.25) is 4.79 Å². The van der Waals surface area contributed by atoms with Gasteiger partial charge in [-0.2, -0.15) is 0 Å². The van der Waals surface area contributed by atoms with Gasteiger partial charge in [0.15, 0.2) is 0 Å². The van der Waals surface area contributed by atoms with Crippen LogP contribution in [0.3, 0.4) is 0 Å². The minimum atomic E-state index is -0.0474. The Morgan fingerprint density at radius 3 is 2.33 bits per heavy atom. The molecule has 0 saturated carbocycles. The number of amides is 1. The number of aromatic nitrogens is 2. The maximum atomic E-state index is 12.9. The van der Waals surface area contributed by atoms with E-state index in [1.54, 1.807) is 24.3 Å². The molecule has 6 nitrogen and oxygen atoms in total. The Hall–Kier alpha value is -3.71. The summed E-state index contributed by atoms with van der Waals surface area (Å²) in [5, 5.41) is 3.03. The Morgan fingerprint density at radius 2 is 1.61 bits per heavy atom. The van der Waals surface area contributed by atoms with E-state index in [9.17, 15) is 4.79 Å². The summed E-state index contributed by atoms with van der Waals surface area (Å²) >= 11 is 1.77. The SMILES string of the molecule is O=C(CCN1c2ccccc2Sc2ccccc21)Nc1ccccc1OCCn1ccnc1. The number of hydrogen-bond acceptors (Lipinski definition) is 5. The van der Waals surface area contributed by atoms with Crippen molar-refractivity contribution in [1.82, 2.24) is 9.55 Å². The van der Waals surface area contributed by atoms with Crippen molar-refractivity contribution in [3.05, 3.63) is 91.5 Å². The van der Waals surface area contributed by atoms with Crippen molar-refractivity contribution in [2.75, 3.05) is 23.4 Å². The van der Waals surface area contributed by atoms with Crippen molar-refractivity contribution in [1.29, 1.82) is 0 Å². The minimum absolute atomic E-state index is 0.0474. The van der Waals surface area contributed by atoms with Crippen LogP contribution in [0.5, 0.6) is 5.75 Å². The Bertz CT molecular complexity index is 1200. The molecular weight excluding hydrogens is 432 g/mol. The second kappa shape index (κ2) is 9.83. The van der Waals surface area contributed by atoms with Gasteiger partial charge in [0, 0.05) is 35.2 Å². The zero-order valence-electron chi connectivity index (χ0n) is 18.1. The predicted molar refractivity (Wildman–Crippen MR) is 131 cm³/mol. The summed E-state index contributed by atoms with van der Waals surface area (Å²) < 4.78 is 7.87. The van der Waals surface area contributed by atoms with Crippen LogP contribution < -0.4 is 15.0 Å². The van der Waals surface area contributed by atoms with Crippen molar-refractivity contribution in [2.45, 2.75) is 22.8 Å². The molecule has 1 aliphatic rings. The van der Waals surface area contributed by atoms with Crippen LogP contribution in [0.15, 0.2) is 101 Å². The maximum Gasteiger partial charge on any atom is 0.226 e. The molecule has 0 aliphatic carbocycles. The summed E-state index contributed by atoms with van der Waals surface area (Å²) in [4.78, 5) is 21.6. The van der Waals surface area contributed by atoms with E-state index in [1.807, 2.05) is 47.2 Å². The quantitative estimate of drug-likeness (QED) is 0.374. The van der Waals surface area contributed by atoms with Gasteiger partial charge < -0.3 is 19.5 Å². The summed E-state index contributed by atoms with van der Waals surface area (Å²) in [5.41, 5.74) is 2.96. The van der Waals surface area contributed by atoms with E-state index in [2.05, 4.69) is 51.6 Å². The number of hydrogen-bond donors (Lipinski definition) is 1. The first kappa shape index (κ1) is 21.2. The van der Waals surface area contributed by atoms with Gasteiger partial charge in [-0.25, -0.2) is 4.98 Å². The molecule has 0 fully saturated rings. The highest BCUT2D eigenvalue weighted by atomic mass is 32.2. The second-order valence-electron chi connectivity index (χ2n) is 7.63. The number of carbonyl (C=O) groups excluding carboxylic acids is 1. The van der Waals surface area contributed by atoms with Gasteiger partial charge in [-0.15, -0.1) is 0 Å². The van der Waals surface area contributed by atoms with Crippen molar-refractivity contribution in [3.8, 4) is 5.75 Å². The van der Waals surface area contributed by atoms with Gasteiger partial charge >= 0.3 is 0 Å². The molecule has 2 heterocycles. The van der Waals surface area contributed by atoms with Crippen LogP contribution in [0.2, 0.25) is 0 Å². The zero-order chi connectivity index (χ0) is 22.5. The molecule has 33 heavy (non-hydrogen) atoms. The third kappa shape index (κ3) is 4.88. The molecular formula is C26H24N4O2S. The largest absolute Gasteiger partial charge is 0.490 e. The lowest BCUT2D eigenvalue weighted by molar-refractivity contribution is -0.116. The highest BCUT2D eigenvalue weighted by Gasteiger charge is 2.23. The molecule has 0 bridgehead atoms. The summed E-state index contributed by atoms with van der Waals surface area (Å²) in [6, 6.07) is 24.2. The average molecular weight is 457 g/mol.